The van der Waals surface area contributed by atoms with Gasteiger partial charge in [0.05, 0.1) is 12.7 Å². The van der Waals surface area contributed by atoms with Crippen LogP contribution in [-0.4, -0.2) is 49.3 Å². The van der Waals surface area contributed by atoms with Crippen LogP contribution < -0.4 is 5.32 Å². The molecule has 1 unspecified atom stereocenters. The molecule has 3 nitrogen and oxygen atoms in total. The van der Waals surface area contributed by atoms with E-state index in [0.29, 0.717) is 12.1 Å². The molecule has 2 aliphatic rings. The zero-order valence-corrected chi connectivity index (χ0v) is 12.2. The zero-order chi connectivity index (χ0) is 12.8. The SMILES string of the molecule is CCCCCCC(C)N1CC[C@H]2NCCO[C@@H]2C1. The Morgan fingerprint density at radius 1 is 1.33 bits per heavy atom. The molecule has 2 rings (SSSR count). The number of rotatable bonds is 6. The lowest BCUT2D eigenvalue weighted by Gasteiger charge is -2.43. The van der Waals surface area contributed by atoms with Crippen molar-refractivity contribution in [2.24, 2.45) is 0 Å². The maximum atomic E-state index is 5.90. The van der Waals surface area contributed by atoms with Gasteiger partial charge in [-0.15, -0.1) is 0 Å². The first kappa shape index (κ1) is 14.3. The number of nitrogens with one attached hydrogen (secondary N) is 1. The molecule has 3 heteroatoms. The second-order valence-electron chi connectivity index (χ2n) is 5.95. The number of fused-ring (bicyclic) bond motifs is 1. The number of ether oxygens (including phenoxy) is 1. The Kier molecular flexibility index (Phi) is 5.93. The van der Waals surface area contributed by atoms with Crippen molar-refractivity contribution in [1.29, 1.82) is 0 Å². The molecule has 0 aromatic heterocycles. The Balaban J connectivity index is 1.69. The lowest BCUT2D eigenvalue weighted by molar-refractivity contribution is -0.0555. The second kappa shape index (κ2) is 7.46. The molecule has 18 heavy (non-hydrogen) atoms. The van der Waals surface area contributed by atoms with Crippen molar-refractivity contribution in [2.45, 2.75) is 70.6 Å². The van der Waals surface area contributed by atoms with Crippen LogP contribution in [-0.2, 0) is 4.74 Å². The van der Waals surface area contributed by atoms with Gasteiger partial charge < -0.3 is 10.1 Å². The van der Waals surface area contributed by atoms with Crippen molar-refractivity contribution in [3.8, 4) is 0 Å². The number of likely N-dealkylation sites (tertiary alicyclic amines) is 1. The lowest BCUT2D eigenvalue weighted by Crippen LogP contribution is -2.59. The molecule has 2 saturated heterocycles. The van der Waals surface area contributed by atoms with Crippen LogP contribution in [0.4, 0.5) is 0 Å². The quantitative estimate of drug-likeness (QED) is 0.737. The molecule has 0 aromatic rings. The summed E-state index contributed by atoms with van der Waals surface area (Å²) in [5, 5.41) is 3.59. The van der Waals surface area contributed by atoms with Gasteiger partial charge >= 0.3 is 0 Å². The molecule has 0 aromatic carbocycles. The van der Waals surface area contributed by atoms with Crippen LogP contribution >= 0.6 is 0 Å². The molecule has 2 aliphatic heterocycles. The van der Waals surface area contributed by atoms with Gasteiger partial charge in [0, 0.05) is 31.7 Å². The number of hydrogen-bond acceptors (Lipinski definition) is 3. The van der Waals surface area contributed by atoms with Crippen molar-refractivity contribution >= 4 is 0 Å². The maximum Gasteiger partial charge on any atom is 0.0855 e. The van der Waals surface area contributed by atoms with Gasteiger partial charge in [0.2, 0.25) is 0 Å². The Morgan fingerprint density at radius 3 is 3.06 bits per heavy atom. The van der Waals surface area contributed by atoms with E-state index in [-0.39, 0.29) is 0 Å². The monoisotopic (exact) mass is 254 g/mol. The summed E-state index contributed by atoms with van der Waals surface area (Å²) in [6, 6.07) is 1.34. The topological polar surface area (TPSA) is 24.5 Å². The Morgan fingerprint density at radius 2 is 2.22 bits per heavy atom. The van der Waals surface area contributed by atoms with Gasteiger partial charge in [0.25, 0.3) is 0 Å². The predicted molar refractivity (Wildman–Crippen MR) is 75.9 cm³/mol. The first-order valence-electron chi connectivity index (χ1n) is 7.90. The fourth-order valence-corrected chi connectivity index (χ4v) is 3.25. The molecule has 2 fully saturated rings. The minimum atomic E-state index is 0.436. The molecule has 3 atom stereocenters. The fourth-order valence-electron chi connectivity index (χ4n) is 3.25. The van der Waals surface area contributed by atoms with E-state index in [4.69, 9.17) is 4.74 Å². The van der Waals surface area contributed by atoms with E-state index in [1.165, 1.54) is 45.1 Å². The van der Waals surface area contributed by atoms with Crippen molar-refractivity contribution in [3.05, 3.63) is 0 Å². The predicted octanol–water partition coefficient (Wildman–Crippen LogP) is 2.41. The van der Waals surface area contributed by atoms with Gasteiger partial charge in [-0.3, -0.25) is 4.90 Å². The van der Waals surface area contributed by atoms with Gasteiger partial charge in [-0.05, 0) is 19.8 Å². The molecule has 106 valence electrons. The van der Waals surface area contributed by atoms with Crippen LogP contribution in [0.3, 0.4) is 0 Å². The Bertz CT molecular complexity index is 235. The zero-order valence-electron chi connectivity index (χ0n) is 12.2. The number of nitrogens with zero attached hydrogens (tertiary/aromatic N) is 1. The number of morpholine rings is 1. The molecular weight excluding hydrogens is 224 g/mol. The van der Waals surface area contributed by atoms with Crippen LogP contribution in [0.25, 0.3) is 0 Å². The molecule has 0 radical (unpaired) electrons. The van der Waals surface area contributed by atoms with Crippen molar-refractivity contribution in [3.63, 3.8) is 0 Å². The van der Waals surface area contributed by atoms with Gasteiger partial charge in [-0.25, -0.2) is 0 Å². The van der Waals surface area contributed by atoms with E-state index in [0.717, 1.165) is 25.7 Å². The van der Waals surface area contributed by atoms with Crippen LogP contribution in [0, 0.1) is 0 Å². The Hall–Kier alpha value is -0.120. The molecule has 0 bridgehead atoms. The largest absolute Gasteiger partial charge is 0.374 e. The molecule has 2 heterocycles. The number of piperidine rings is 1. The highest BCUT2D eigenvalue weighted by Gasteiger charge is 2.33. The highest BCUT2D eigenvalue weighted by atomic mass is 16.5. The van der Waals surface area contributed by atoms with Crippen LogP contribution in [0.15, 0.2) is 0 Å². The summed E-state index contributed by atoms with van der Waals surface area (Å²) in [4.78, 5) is 2.64. The minimum absolute atomic E-state index is 0.436. The van der Waals surface area contributed by atoms with E-state index >= 15 is 0 Å². The van der Waals surface area contributed by atoms with Crippen LogP contribution in [0.1, 0.15) is 52.4 Å². The third-order valence-electron chi connectivity index (χ3n) is 4.53. The van der Waals surface area contributed by atoms with Gasteiger partial charge in [-0.1, -0.05) is 32.6 Å². The average Bonchev–Trinajstić information content (AvgIpc) is 2.43. The fraction of sp³-hybridized carbons (Fsp3) is 1.00. The number of hydrogen-bond donors (Lipinski definition) is 1. The summed E-state index contributed by atoms with van der Waals surface area (Å²) in [5.41, 5.74) is 0. The summed E-state index contributed by atoms with van der Waals surface area (Å²) in [6.07, 6.45) is 8.56. The summed E-state index contributed by atoms with van der Waals surface area (Å²) in [6.45, 7) is 8.97. The van der Waals surface area contributed by atoms with E-state index in [1.807, 2.05) is 0 Å². The first-order chi connectivity index (χ1) is 8.81. The van der Waals surface area contributed by atoms with Gasteiger partial charge in [-0.2, -0.15) is 0 Å². The molecular formula is C15H30N2O. The first-order valence-corrected chi connectivity index (χ1v) is 7.90. The minimum Gasteiger partial charge on any atom is -0.374 e. The molecule has 0 spiro atoms. The summed E-state index contributed by atoms with van der Waals surface area (Å²) in [7, 11) is 0. The summed E-state index contributed by atoms with van der Waals surface area (Å²) < 4.78 is 5.90. The van der Waals surface area contributed by atoms with Gasteiger partial charge in [0.1, 0.15) is 0 Å². The van der Waals surface area contributed by atoms with Crippen molar-refractivity contribution in [2.75, 3.05) is 26.2 Å². The highest BCUT2D eigenvalue weighted by molar-refractivity contribution is 4.90. The Labute approximate surface area is 112 Å². The normalized spacial score (nSPS) is 31.0. The van der Waals surface area contributed by atoms with E-state index in [1.54, 1.807) is 0 Å². The lowest BCUT2D eigenvalue weighted by atomic mass is 9.97. The third kappa shape index (κ3) is 3.94. The molecule has 1 N–H and O–H groups in total. The van der Waals surface area contributed by atoms with E-state index < -0.39 is 0 Å². The summed E-state index contributed by atoms with van der Waals surface area (Å²) >= 11 is 0. The molecule has 0 aliphatic carbocycles. The van der Waals surface area contributed by atoms with E-state index in [9.17, 15) is 0 Å². The molecule has 0 saturated carbocycles. The number of unbranched alkanes of at least 4 members (excludes halogenated alkanes) is 3. The van der Waals surface area contributed by atoms with E-state index in [2.05, 4.69) is 24.1 Å². The van der Waals surface area contributed by atoms with Crippen LogP contribution in [0.5, 0.6) is 0 Å². The standard InChI is InChI=1S/C15H30N2O/c1-3-4-5-6-7-13(2)17-10-8-14-15(12-17)18-11-9-16-14/h13-16H,3-12H2,1-2H3/t13?,14-,15-/m1/s1. The average molecular weight is 254 g/mol. The highest BCUT2D eigenvalue weighted by Crippen LogP contribution is 2.20. The van der Waals surface area contributed by atoms with Crippen molar-refractivity contribution in [1.82, 2.24) is 10.2 Å². The van der Waals surface area contributed by atoms with Gasteiger partial charge in [0.15, 0.2) is 0 Å². The summed E-state index contributed by atoms with van der Waals surface area (Å²) in [5.74, 6) is 0. The van der Waals surface area contributed by atoms with Crippen molar-refractivity contribution < 1.29 is 4.74 Å². The molecule has 0 amide bonds. The van der Waals surface area contributed by atoms with Crippen LogP contribution in [0.2, 0.25) is 0 Å². The second-order valence-corrected chi connectivity index (χ2v) is 5.95. The smallest absolute Gasteiger partial charge is 0.0855 e. The third-order valence-corrected chi connectivity index (χ3v) is 4.53. The maximum absolute atomic E-state index is 5.90.